The number of carboxylic acids is 1. The van der Waals surface area contributed by atoms with E-state index in [0.717, 1.165) is 25.9 Å². The van der Waals surface area contributed by atoms with Crippen LogP contribution < -0.4 is 10.6 Å². The predicted octanol–water partition coefficient (Wildman–Crippen LogP) is -1.17. The van der Waals surface area contributed by atoms with Crippen molar-refractivity contribution in [2.24, 2.45) is 0 Å². The van der Waals surface area contributed by atoms with Crippen LogP contribution in [0.1, 0.15) is 12.8 Å². The van der Waals surface area contributed by atoms with Crippen molar-refractivity contribution in [3.8, 4) is 0 Å². The molecule has 1 heterocycles. The van der Waals surface area contributed by atoms with Crippen molar-refractivity contribution in [3.05, 3.63) is 0 Å². The largest absolute Gasteiger partial charge is 0.480 e. The van der Waals surface area contributed by atoms with Gasteiger partial charge in [0, 0.05) is 12.6 Å². The second kappa shape index (κ2) is 6.41. The summed E-state index contributed by atoms with van der Waals surface area (Å²) in [6.07, 6.45) is 1.89. The number of carbonyl (C=O) groups is 2. The molecule has 2 amide bonds. The van der Waals surface area contributed by atoms with Gasteiger partial charge >= 0.3 is 12.0 Å². The second-order valence-corrected chi connectivity index (χ2v) is 4.29. The molecule has 2 atom stereocenters. The molecule has 7 nitrogen and oxygen atoms in total. The zero-order chi connectivity index (χ0) is 12.8. The van der Waals surface area contributed by atoms with Gasteiger partial charge in [-0.05, 0) is 26.4 Å². The van der Waals surface area contributed by atoms with E-state index >= 15 is 0 Å². The Kier molecular flexibility index (Phi) is 5.17. The maximum atomic E-state index is 11.5. The number of urea groups is 1. The van der Waals surface area contributed by atoms with Gasteiger partial charge < -0.3 is 25.7 Å². The minimum absolute atomic E-state index is 0.0295. The molecule has 1 rings (SSSR count). The van der Waals surface area contributed by atoms with Gasteiger partial charge in [0.2, 0.25) is 0 Å². The Hall–Kier alpha value is -1.34. The molecule has 4 N–H and O–H groups in total. The van der Waals surface area contributed by atoms with Crippen LogP contribution in [-0.4, -0.2) is 65.9 Å². The van der Waals surface area contributed by atoms with Crippen molar-refractivity contribution in [1.82, 2.24) is 15.5 Å². The number of likely N-dealkylation sites (tertiary alicyclic amines) is 1. The number of likely N-dealkylation sites (N-methyl/N-ethyl adjacent to an activating group) is 1. The Morgan fingerprint density at radius 2 is 2.24 bits per heavy atom. The molecule has 0 aromatic heterocycles. The van der Waals surface area contributed by atoms with E-state index in [-0.39, 0.29) is 6.04 Å². The van der Waals surface area contributed by atoms with Crippen LogP contribution in [0.4, 0.5) is 4.79 Å². The zero-order valence-corrected chi connectivity index (χ0v) is 9.85. The molecule has 98 valence electrons. The molecule has 0 aromatic carbocycles. The third-order valence-corrected chi connectivity index (χ3v) is 2.75. The van der Waals surface area contributed by atoms with Gasteiger partial charge in [-0.3, -0.25) is 0 Å². The predicted molar refractivity (Wildman–Crippen MR) is 60.7 cm³/mol. The average molecular weight is 245 g/mol. The molecule has 1 unspecified atom stereocenters. The fourth-order valence-electron chi connectivity index (χ4n) is 1.85. The highest BCUT2D eigenvalue weighted by Gasteiger charge is 2.22. The number of carboxylic acid groups (broad SMARTS) is 1. The minimum atomic E-state index is -1.25. The summed E-state index contributed by atoms with van der Waals surface area (Å²) < 4.78 is 0. The normalized spacial score (nSPS) is 22.8. The number of rotatable bonds is 4. The van der Waals surface area contributed by atoms with Crippen LogP contribution in [0.25, 0.3) is 0 Å². The van der Waals surface area contributed by atoms with Crippen LogP contribution in [0, 0.1) is 0 Å². The number of piperidine rings is 1. The summed E-state index contributed by atoms with van der Waals surface area (Å²) in [5.74, 6) is -1.25. The van der Waals surface area contributed by atoms with Crippen LogP contribution in [0.5, 0.6) is 0 Å². The van der Waals surface area contributed by atoms with Crippen LogP contribution in [0.15, 0.2) is 0 Å². The van der Waals surface area contributed by atoms with Gasteiger partial charge in [-0.1, -0.05) is 0 Å². The fourth-order valence-corrected chi connectivity index (χ4v) is 1.85. The number of nitrogens with zero attached hydrogens (tertiary/aromatic N) is 1. The van der Waals surface area contributed by atoms with E-state index in [1.54, 1.807) is 0 Å². The number of aliphatic hydroxyl groups is 1. The monoisotopic (exact) mass is 245 g/mol. The quantitative estimate of drug-likeness (QED) is 0.499. The molecule has 1 saturated heterocycles. The number of amides is 2. The molecule has 0 radical (unpaired) electrons. The van der Waals surface area contributed by atoms with Gasteiger partial charge in [0.1, 0.15) is 0 Å². The van der Waals surface area contributed by atoms with E-state index in [2.05, 4.69) is 15.5 Å². The average Bonchev–Trinajstić information content (AvgIpc) is 2.25. The lowest BCUT2D eigenvalue weighted by atomic mass is 10.1. The maximum Gasteiger partial charge on any atom is 0.328 e. The lowest BCUT2D eigenvalue weighted by Gasteiger charge is -2.30. The highest BCUT2D eigenvalue weighted by Crippen LogP contribution is 2.07. The Morgan fingerprint density at radius 1 is 1.53 bits per heavy atom. The molecule has 0 saturated carbocycles. The molecule has 1 aliphatic rings. The van der Waals surface area contributed by atoms with E-state index in [4.69, 9.17) is 10.2 Å². The summed E-state index contributed by atoms with van der Waals surface area (Å²) in [6, 6.07) is -1.77. The molecule has 0 spiro atoms. The molecule has 17 heavy (non-hydrogen) atoms. The summed E-state index contributed by atoms with van der Waals surface area (Å²) in [5, 5.41) is 22.3. The smallest absolute Gasteiger partial charge is 0.328 e. The second-order valence-electron chi connectivity index (χ2n) is 4.29. The van der Waals surface area contributed by atoms with E-state index in [9.17, 15) is 9.59 Å². The van der Waals surface area contributed by atoms with Crippen LogP contribution in [0.3, 0.4) is 0 Å². The number of carbonyl (C=O) groups excluding carboxylic acids is 1. The lowest BCUT2D eigenvalue weighted by molar-refractivity contribution is -0.140. The van der Waals surface area contributed by atoms with Gasteiger partial charge in [0.05, 0.1) is 6.61 Å². The summed E-state index contributed by atoms with van der Waals surface area (Å²) in [5.41, 5.74) is 0. The molecular weight excluding hydrogens is 226 g/mol. The Labute approximate surface area is 99.8 Å². The van der Waals surface area contributed by atoms with Gasteiger partial charge in [-0.15, -0.1) is 0 Å². The Morgan fingerprint density at radius 3 is 2.76 bits per heavy atom. The van der Waals surface area contributed by atoms with E-state index in [1.165, 1.54) is 0 Å². The first-order valence-corrected chi connectivity index (χ1v) is 5.62. The van der Waals surface area contributed by atoms with E-state index < -0.39 is 24.6 Å². The summed E-state index contributed by atoms with van der Waals surface area (Å²) >= 11 is 0. The number of aliphatic hydroxyl groups excluding tert-OH is 1. The Bertz CT molecular complexity index is 285. The minimum Gasteiger partial charge on any atom is -0.480 e. The van der Waals surface area contributed by atoms with Gasteiger partial charge in [0.15, 0.2) is 6.04 Å². The van der Waals surface area contributed by atoms with Crippen molar-refractivity contribution < 1.29 is 19.8 Å². The summed E-state index contributed by atoms with van der Waals surface area (Å²) in [6.45, 7) is 1.14. The molecule has 1 fully saturated rings. The first-order valence-electron chi connectivity index (χ1n) is 5.62. The van der Waals surface area contributed by atoms with Crippen molar-refractivity contribution in [2.45, 2.75) is 24.9 Å². The number of aliphatic carboxylic acids is 1. The highest BCUT2D eigenvalue weighted by molar-refractivity contribution is 5.82. The third kappa shape index (κ3) is 4.58. The first-order chi connectivity index (χ1) is 8.02. The molecule has 0 aromatic rings. The molecule has 0 aliphatic carbocycles. The SMILES string of the molecule is CN1CCCC(NC(=O)N[C@@H](CO)C(=O)O)C1. The van der Waals surface area contributed by atoms with E-state index in [1.807, 2.05) is 7.05 Å². The fraction of sp³-hybridized carbons (Fsp3) is 0.800. The van der Waals surface area contributed by atoms with Gasteiger partial charge in [-0.25, -0.2) is 9.59 Å². The van der Waals surface area contributed by atoms with Crippen LogP contribution >= 0.6 is 0 Å². The van der Waals surface area contributed by atoms with Gasteiger partial charge in [0.25, 0.3) is 0 Å². The topological polar surface area (TPSA) is 102 Å². The summed E-state index contributed by atoms with van der Waals surface area (Å²) in [7, 11) is 1.97. The molecular formula is C10H19N3O4. The van der Waals surface area contributed by atoms with E-state index in [0.29, 0.717) is 0 Å². The van der Waals surface area contributed by atoms with Crippen molar-refractivity contribution in [2.75, 3.05) is 26.7 Å². The number of nitrogens with one attached hydrogen (secondary N) is 2. The zero-order valence-electron chi connectivity index (χ0n) is 9.85. The molecule has 7 heteroatoms. The highest BCUT2D eigenvalue weighted by atomic mass is 16.4. The van der Waals surface area contributed by atoms with Crippen molar-refractivity contribution in [3.63, 3.8) is 0 Å². The van der Waals surface area contributed by atoms with Crippen molar-refractivity contribution >= 4 is 12.0 Å². The van der Waals surface area contributed by atoms with Crippen molar-refractivity contribution in [1.29, 1.82) is 0 Å². The summed E-state index contributed by atoms with van der Waals surface area (Å²) in [4.78, 5) is 24.2. The third-order valence-electron chi connectivity index (χ3n) is 2.75. The standard InChI is InChI=1S/C10H19N3O4/c1-13-4-2-3-7(5-13)11-10(17)12-8(6-14)9(15)16/h7-8,14H,2-6H2,1H3,(H,15,16)(H2,11,12,17)/t7?,8-/m0/s1. The lowest BCUT2D eigenvalue weighted by Crippen LogP contribution is -2.53. The van der Waals surface area contributed by atoms with Gasteiger partial charge in [-0.2, -0.15) is 0 Å². The molecule has 1 aliphatic heterocycles. The first kappa shape index (κ1) is 13.7. The molecule has 0 bridgehead atoms. The number of hydrogen-bond donors (Lipinski definition) is 4. The Balaban J connectivity index is 2.35. The van der Waals surface area contributed by atoms with Crippen LogP contribution in [-0.2, 0) is 4.79 Å². The maximum absolute atomic E-state index is 11.5. The van der Waals surface area contributed by atoms with Crippen LogP contribution in [0.2, 0.25) is 0 Å². The number of hydrogen-bond acceptors (Lipinski definition) is 4.